The van der Waals surface area contributed by atoms with Gasteiger partial charge in [-0.05, 0) is 122 Å². The minimum absolute atomic E-state index is 0.0339. The second-order valence-electron chi connectivity index (χ2n) is 21.2. The molecule has 0 unspecified atom stereocenters. The van der Waals surface area contributed by atoms with Gasteiger partial charge >= 0.3 is 0 Å². The highest BCUT2D eigenvalue weighted by atomic mass is 15.0. The van der Waals surface area contributed by atoms with Crippen molar-refractivity contribution in [3.8, 4) is 16.8 Å². The van der Waals surface area contributed by atoms with Crippen LogP contribution in [0.1, 0.15) is 52.7 Å². The Hall–Kier alpha value is -7.95. The molecule has 0 aliphatic carbocycles. The molecule has 4 nitrogen and oxygen atoms in total. The molecule has 0 atom stereocenters. The number of hydrogen-bond donors (Lipinski definition) is 0. The van der Waals surface area contributed by atoms with Crippen molar-refractivity contribution >= 4 is 120 Å². The van der Waals surface area contributed by atoms with E-state index in [1.807, 2.05) is 0 Å². The summed E-state index contributed by atoms with van der Waals surface area (Å²) in [6.45, 7) is 13.9. The lowest BCUT2D eigenvalue weighted by atomic mass is 9.84. The van der Waals surface area contributed by atoms with Crippen LogP contribution in [-0.2, 0) is 10.8 Å². The molecule has 15 aromatic rings. The Morgan fingerprint density at radius 3 is 1.73 bits per heavy atom. The molecule has 0 radical (unpaired) electrons. The van der Waals surface area contributed by atoms with Crippen LogP contribution in [0.4, 0.5) is 0 Å². The van der Waals surface area contributed by atoms with Crippen molar-refractivity contribution in [1.82, 2.24) is 18.4 Å². The number of nitrogens with zero attached hydrogens (tertiary/aromatic N) is 4. The summed E-state index contributed by atoms with van der Waals surface area (Å²) in [6.07, 6.45) is 0. The minimum atomic E-state index is -0.0518. The Morgan fingerprint density at radius 1 is 0.373 bits per heavy atom. The lowest BCUT2D eigenvalue weighted by Gasteiger charge is -2.20. The van der Waals surface area contributed by atoms with Crippen molar-refractivity contribution in [3.05, 3.63) is 181 Å². The van der Waals surface area contributed by atoms with E-state index < -0.39 is 0 Å². The number of rotatable bonds is 2. The summed E-state index contributed by atoms with van der Waals surface area (Å²) in [5.41, 5.74) is 16.8. The molecule has 0 saturated carbocycles. The van der Waals surface area contributed by atoms with Crippen molar-refractivity contribution in [2.45, 2.75) is 52.4 Å². The van der Waals surface area contributed by atoms with Crippen molar-refractivity contribution < 1.29 is 0 Å². The Labute approximate surface area is 386 Å². The number of aromatic nitrogens is 4. The molecule has 67 heavy (non-hydrogen) atoms. The van der Waals surface area contributed by atoms with Crippen LogP contribution in [-0.4, -0.2) is 18.4 Å². The standard InChI is InChI=1S/C63H46N4/c1-62(2,3)38-25-27-53-46(31-38)48-32-39(63(4,5)6)33-50-57-54(66(53)58(48)50)34-49-47-30-36-17-11-13-21-42(36)56-55-41-20-12-10-16-35(41)28-44(59(55)67(60(47)56)61(49)64-57)37-24-26-52-45(29-37)43-22-14-15-23-51(43)65(52)40-18-8-7-9-19-40/h7-34H,1-6H3. The summed E-state index contributed by atoms with van der Waals surface area (Å²) in [4.78, 5) is 5.97. The molecule has 318 valence electrons. The summed E-state index contributed by atoms with van der Waals surface area (Å²) < 4.78 is 7.47. The molecular weight excluding hydrogens is 813 g/mol. The lowest BCUT2D eigenvalue weighted by Crippen LogP contribution is -2.11. The molecule has 6 heterocycles. The van der Waals surface area contributed by atoms with Crippen LogP contribution in [0.5, 0.6) is 0 Å². The summed E-state index contributed by atoms with van der Waals surface area (Å²) in [5.74, 6) is 0. The third-order valence-corrected chi connectivity index (χ3v) is 15.3. The molecule has 0 bridgehead atoms. The van der Waals surface area contributed by atoms with E-state index in [1.54, 1.807) is 0 Å². The van der Waals surface area contributed by atoms with Gasteiger partial charge in [0.25, 0.3) is 0 Å². The van der Waals surface area contributed by atoms with E-state index >= 15 is 0 Å². The Kier molecular flexibility index (Phi) is 6.94. The maximum Gasteiger partial charge on any atom is 0.146 e. The first-order valence-electron chi connectivity index (χ1n) is 23.7. The Morgan fingerprint density at radius 2 is 0.970 bits per heavy atom. The topological polar surface area (TPSA) is 26.6 Å². The second kappa shape index (κ2) is 12.5. The molecule has 0 N–H and O–H groups in total. The minimum Gasteiger partial charge on any atom is -0.309 e. The van der Waals surface area contributed by atoms with Crippen LogP contribution in [0.2, 0.25) is 0 Å². The van der Waals surface area contributed by atoms with Gasteiger partial charge in [0.05, 0.1) is 44.1 Å². The first-order chi connectivity index (χ1) is 32.5. The van der Waals surface area contributed by atoms with Gasteiger partial charge in [-0.25, -0.2) is 4.98 Å². The van der Waals surface area contributed by atoms with E-state index in [0.29, 0.717) is 0 Å². The monoisotopic (exact) mass is 858 g/mol. The normalized spacial score (nSPS) is 13.2. The van der Waals surface area contributed by atoms with E-state index in [1.165, 1.54) is 125 Å². The molecule has 6 aromatic heterocycles. The zero-order valence-electron chi connectivity index (χ0n) is 38.5. The molecule has 0 aliphatic heterocycles. The Balaban J connectivity index is 1.13. The summed E-state index contributed by atoms with van der Waals surface area (Å²) in [5, 5.41) is 16.3. The zero-order chi connectivity index (χ0) is 44.8. The predicted octanol–water partition coefficient (Wildman–Crippen LogP) is 17.0. The van der Waals surface area contributed by atoms with E-state index in [-0.39, 0.29) is 10.8 Å². The van der Waals surface area contributed by atoms with Gasteiger partial charge in [-0.1, -0.05) is 139 Å². The third kappa shape index (κ3) is 4.79. The zero-order valence-corrected chi connectivity index (χ0v) is 38.5. The number of fused-ring (bicyclic) bond motifs is 19. The maximum absolute atomic E-state index is 5.97. The highest BCUT2D eigenvalue weighted by molar-refractivity contribution is 6.37. The van der Waals surface area contributed by atoms with Crippen molar-refractivity contribution in [1.29, 1.82) is 0 Å². The van der Waals surface area contributed by atoms with Gasteiger partial charge in [0.15, 0.2) is 0 Å². The fourth-order valence-corrected chi connectivity index (χ4v) is 12.1. The molecule has 0 aliphatic rings. The maximum atomic E-state index is 5.97. The van der Waals surface area contributed by atoms with Crippen molar-refractivity contribution in [2.24, 2.45) is 0 Å². The average Bonchev–Trinajstić information content (AvgIpc) is 4.12. The fraction of sp³-hybridized carbons (Fsp3) is 0.127. The van der Waals surface area contributed by atoms with Crippen molar-refractivity contribution in [3.63, 3.8) is 0 Å². The second-order valence-corrected chi connectivity index (χ2v) is 21.2. The molecule has 0 saturated heterocycles. The van der Waals surface area contributed by atoms with E-state index in [0.717, 1.165) is 22.4 Å². The average molecular weight is 859 g/mol. The van der Waals surface area contributed by atoms with E-state index in [4.69, 9.17) is 4.98 Å². The quantitative estimate of drug-likeness (QED) is 0.170. The van der Waals surface area contributed by atoms with Crippen LogP contribution in [0, 0.1) is 0 Å². The summed E-state index contributed by atoms with van der Waals surface area (Å²) in [7, 11) is 0. The van der Waals surface area contributed by atoms with E-state index in [9.17, 15) is 0 Å². The summed E-state index contributed by atoms with van der Waals surface area (Å²) >= 11 is 0. The first kappa shape index (κ1) is 37.3. The number of benzene rings is 9. The predicted molar refractivity (Wildman–Crippen MR) is 286 cm³/mol. The molecule has 9 aromatic carbocycles. The third-order valence-electron chi connectivity index (χ3n) is 15.3. The van der Waals surface area contributed by atoms with Gasteiger partial charge in [0.1, 0.15) is 5.65 Å². The van der Waals surface area contributed by atoms with Gasteiger partial charge in [-0.15, -0.1) is 0 Å². The van der Waals surface area contributed by atoms with Gasteiger partial charge in [0, 0.05) is 59.7 Å². The van der Waals surface area contributed by atoms with Crippen LogP contribution >= 0.6 is 0 Å². The highest BCUT2D eigenvalue weighted by Crippen LogP contribution is 2.50. The van der Waals surface area contributed by atoms with Gasteiger partial charge in [-0.2, -0.15) is 0 Å². The molecule has 4 heteroatoms. The van der Waals surface area contributed by atoms with Crippen LogP contribution < -0.4 is 0 Å². The highest BCUT2D eigenvalue weighted by Gasteiger charge is 2.29. The van der Waals surface area contributed by atoms with Gasteiger partial charge < -0.3 is 8.97 Å². The number of hydrogen-bond acceptors (Lipinski definition) is 1. The Bertz CT molecular complexity index is 4620. The van der Waals surface area contributed by atoms with Gasteiger partial charge in [0.2, 0.25) is 0 Å². The molecule has 0 fully saturated rings. The smallest absolute Gasteiger partial charge is 0.146 e. The van der Waals surface area contributed by atoms with Gasteiger partial charge in [-0.3, -0.25) is 4.40 Å². The van der Waals surface area contributed by atoms with E-state index in [2.05, 4.69) is 225 Å². The first-order valence-corrected chi connectivity index (χ1v) is 23.7. The number of pyridine rings is 1. The number of para-hydroxylation sites is 2. The SMILES string of the molecule is CC(C)(C)c1ccc2c(c1)c1cc(C(C)(C)C)cc3c4nc5c(cc4n2c13)c1cc2ccccc2c2c3c4ccccc4cc(-c4ccc6c(c4)c4ccccc4n6-c4ccccc4)c3n5c12. The molecule has 15 rings (SSSR count). The summed E-state index contributed by atoms with van der Waals surface area (Å²) in [6, 6.07) is 64.0. The largest absolute Gasteiger partial charge is 0.309 e. The van der Waals surface area contributed by atoms with Crippen molar-refractivity contribution in [2.75, 3.05) is 0 Å². The molecule has 0 amide bonds. The molecule has 0 spiro atoms. The molecular formula is C63H46N4. The lowest BCUT2D eigenvalue weighted by molar-refractivity contribution is 0.590. The van der Waals surface area contributed by atoms with Crippen LogP contribution in [0.15, 0.2) is 170 Å². The van der Waals surface area contributed by atoms with Crippen LogP contribution in [0.3, 0.4) is 0 Å². The fourth-order valence-electron chi connectivity index (χ4n) is 12.1. The van der Waals surface area contributed by atoms with Crippen LogP contribution in [0.25, 0.3) is 137 Å².